The summed E-state index contributed by atoms with van der Waals surface area (Å²) in [4.78, 5) is 68.6. The zero-order valence-electron chi connectivity index (χ0n) is 23.6. The van der Waals surface area contributed by atoms with Crippen molar-refractivity contribution in [2.45, 2.75) is 25.7 Å². The summed E-state index contributed by atoms with van der Waals surface area (Å²) in [6.45, 7) is 1.54. The summed E-state index contributed by atoms with van der Waals surface area (Å²) in [6, 6.07) is 19.1. The highest BCUT2D eigenvalue weighted by Gasteiger charge is 2.56. The van der Waals surface area contributed by atoms with Gasteiger partial charge in [0.05, 0.1) is 17.5 Å². The van der Waals surface area contributed by atoms with E-state index in [1.807, 2.05) is 12.1 Å². The number of hydrogen-bond donors (Lipinski definition) is 1. The summed E-state index contributed by atoms with van der Waals surface area (Å²) < 4.78 is 14.6. The Labute approximate surface area is 252 Å². The predicted octanol–water partition coefficient (Wildman–Crippen LogP) is 5.40. The summed E-state index contributed by atoms with van der Waals surface area (Å²) in [5.74, 6) is -6.32. The van der Waals surface area contributed by atoms with E-state index in [1.54, 1.807) is 55.5 Å². The number of rotatable bonds is 4. The lowest BCUT2D eigenvalue weighted by Crippen LogP contribution is -2.39. The highest BCUT2D eigenvalue weighted by Crippen LogP contribution is 2.56. The molecular formula is C36H26FNO6. The number of para-hydroxylation sites is 1. The van der Waals surface area contributed by atoms with E-state index in [9.17, 15) is 33.5 Å². The molecule has 1 N–H and O–H groups in total. The number of benzene rings is 3. The van der Waals surface area contributed by atoms with Gasteiger partial charge in [-0.2, -0.15) is 0 Å². The average Bonchev–Trinajstić information content (AvgIpc) is 3.29. The van der Waals surface area contributed by atoms with Crippen LogP contribution in [0.15, 0.2) is 107 Å². The molecular weight excluding hydrogens is 561 g/mol. The molecule has 1 heterocycles. The maximum Gasteiger partial charge on any atom is 0.238 e. The maximum absolute atomic E-state index is 14.6. The molecule has 0 saturated carbocycles. The van der Waals surface area contributed by atoms with Crippen LogP contribution in [0.25, 0.3) is 0 Å². The van der Waals surface area contributed by atoms with Crippen LogP contribution >= 0.6 is 0 Å². The van der Waals surface area contributed by atoms with E-state index in [4.69, 9.17) is 0 Å². The van der Waals surface area contributed by atoms with E-state index in [2.05, 4.69) is 0 Å². The molecule has 7 nitrogen and oxygen atoms in total. The minimum absolute atomic E-state index is 0.0701. The van der Waals surface area contributed by atoms with Crippen LogP contribution in [0.3, 0.4) is 0 Å². The van der Waals surface area contributed by atoms with Gasteiger partial charge in [0.25, 0.3) is 0 Å². The molecule has 1 saturated heterocycles. The molecule has 2 amide bonds. The number of amides is 2. The first kappa shape index (κ1) is 27.6. The Kier molecular flexibility index (Phi) is 6.39. The second kappa shape index (κ2) is 10.2. The standard InChI is InChI=1S/C36H26FNO6/c1-18-16-28(39)26-17-25-22(29(31(26)32(18)40)23-8-5-9-27(37)34(23)42)14-15-24-30(25)36(44)38(35(24)43)21-12-10-20(11-13-21)33(41)19-6-3-2-4-7-19/h2-14,16,24-25,29-30,42H,15,17H2,1H3. The number of aromatic hydroxyl groups is 1. The van der Waals surface area contributed by atoms with Gasteiger partial charge in [-0.25, -0.2) is 4.39 Å². The summed E-state index contributed by atoms with van der Waals surface area (Å²) in [7, 11) is 0. The van der Waals surface area contributed by atoms with Crippen LogP contribution < -0.4 is 4.90 Å². The van der Waals surface area contributed by atoms with Gasteiger partial charge in [-0.05, 0) is 62.1 Å². The van der Waals surface area contributed by atoms with Crippen LogP contribution in [-0.4, -0.2) is 34.3 Å². The van der Waals surface area contributed by atoms with Gasteiger partial charge in [0.15, 0.2) is 28.9 Å². The minimum atomic E-state index is -0.944. The fourth-order valence-electron chi connectivity index (χ4n) is 7.25. The van der Waals surface area contributed by atoms with Gasteiger partial charge in [0.2, 0.25) is 11.8 Å². The molecule has 0 spiro atoms. The summed E-state index contributed by atoms with van der Waals surface area (Å²) in [5.41, 5.74) is 2.66. The topological polar surface area (TPSA) is 109 Å². The molecule has 0 radical (unpaired) electrons. The largest absolute Gasteiger partial charge is 0.505 e. The van der Waals surface area contributed by atoms with Crippen molar-refractivity contribution in [2.75, 3.05) is 4.90 Å². The maximum atomic E-state index is 14.6. The first-order valence-corrected chi connectivity index (χ1v) is 14.4. The number of hydrogen-bond acceptors (Lipinski definition) is 6. The Morgan fingerprint density at radius 2 is 1.57 bits per heavy atom. The highest BCUT2D eigenvalue weighted by molar-refractivity contribution is 6.25. The molecule has 218 valence electrons. The lowest BCUT2D eigenvalue weighted by molar-refractivity contribution is -0.123. The molecule has 7 rings (SSSR count). The number of carbonyl (C=O) groups is 5. The quantitative estimate of drug-likeness (QED) is 0.190. The first-order valence-electron chi connectivity index (χ1n) is 14.4. The van der Waals surface area contributed by atoms with Crippen molar-refractivity contribution in [3.63, 3.8) is 0 Å². The van der Waals surface area contributed by atoms with Gasteiger partial charge in [0, 0.05) is 39.3 Å². The van der Waals surface area contributed by atoms with Crippen molar-refractivity contribution in [3.05, 3.63) is 130 Å². The monoisotopic (exact) mass is 587 g/mol. The zero-order chi connectivity index (χ0) is 30.9. The third-order valence-electron chi connectivity index (χ3n) is 9.32. The van der Waals surface area contributed by atoms with Crippen LogP contribution in [-0.2, 0) is 19.2 Å². The smallest absolute Gasteiger partial charge is 0.238 e. The molecule has 1 fully saturated rings. The third-order valence-corrected chi connectivity index (χ3v) is 9.32. The molecule has 4 aliphatic rings. The zero-order valence-corrected chi connectivity index (χ0v) is 23.6. The number of phenolic OH excluding ortho intramolecular Hbond substituents is 1. The minimum Gasteiger partial charge on any atom is -0.505 e. The number of ketones is 3. The van der Waals surface area contributed by atoms with Gasteiger partial charge in [-0.3, -0.25) is 28.9 Å². The van der Waals surface area contributed by atoms with Crippen molar-refractivity contribution < 1.29 is 33.5 Å². The molecule has 1 aliphatic heterocycles. The van der Waals surface area contributed by atoms with Crippen molar-refractivity contribution in [3.8, 4) is 5.75 Å². The summed E-state index contributed by atoms with van der Waals surface area (Å²) in [5, 5.41) is 10.8. The van der Waals surface area contributed by atoms with Crippen molar-refractivity contribution in [2.24, 2.45) is 17.8 Å². The normalized spacial score (nSPS) is 24.5. The Bertz CT molecular complexity index is 1900. The number of imide groups is 1. The number of fused-ring (bicyclic) bond motifs is 3. The third kappa shape index (κ3) is 4.05. The molecule has 4 unspecified atom stereocenters. The summed E-state index contributed by atoms with van der Waals surface area (Å²) >= 11 is 0. The van der Waals surface area contributed by atoms with E-state index in [-0.39, 0.29) is 58.4 Å². The van der Waals surface area contributed by atoms with Gasteiger partial charge >= 0.3 is 0 Å². The molecule has 0 aromatic heterocycles. The van der Waals surface area contributed by atoms with Crippen molar-refractivity contribution in [1.82, 2.24) is 0 Å². The molecule has 0 bridgehead atoms. The number of Topliss-reactive ketones (excluding diaryl/α,β-unsaturated/α-hetero) is 1. The van der Waals surface area contributed by atoms with Crippen LogP contribution in [0.2, 0.25) is 0 Å². The molecule has 44 heavy (non-hydrogen) atoms. The molecule has 3 aliphatic carbocycles. The Balaban J connectivity index is 1.27. The SMILES string of the molecule is CC1=CC(=O)C2=C(C1=O)C(c1cccc(F)c1O)C1=CCC3C(=O)N(c4ccc(C(=O)c5ccccc5)cc4)C(=O)C3C1C2. The molecule has 3 aromatic carbocycles. The lowest BCUT2D eigenvalue weighted by atomic mass is 9.59. The second-order valence-electron chi connectivity index (χ2n) is 11.7. The van der Waals surface area contributed by atoms with Gasteiger partial charge in [0.1, 0.15) is 0 Å². The number of carbonyl (C=O) groups excluding carboxylic acids is 5. The molecule has 4 atom stereocenters. The van der Waals surface area contributed by atoms with Crippen LogP contribution in [0.4, 0.5) is 10.1 Å². The predicted molar refractivity (Wildman–Crippen MR) is 158 cm³/mol. The van der Waals surface area contributed by atoms with E-state index >= 15 is 0 Å². The van der Waals surface area contributed by atoms with Gasteiger partial charge < -0.3 is 5.11 Å². The van der Waals surface area contributed by atoms with E-state index in [0.29, 0.717) is 22.4 Å². The Hall–Kier alpha value is -5.24. The first-order chi connectivity index (χ1) is 21.2. The lowest BCUT2D eigenvalue weighted by Gasteiger charge is -2.42. The number of allylic oxidation sites excluding steroid dienone is 6. The average molecular weight is 588 g/mol. The van der Waals surface area contributed by atoms with E-state index in [0.717, 1.165) is 11.0 Å². The van der Waals surface area contributed by atoms with Gasteiger partial charge in [-0.15, -0.1) is 0 Å². The molecule has 8 heteroatoms. The highest BCUT2D eigenvalue weighted by atomic mass is 19.1. The van der Waals surface area contributed by atoms with Crippen LogP contribution in [0.1, 0.15) is 47.2 Å². The van der Waals surface area contributed by atoms with Crippen molar-refractivity contribution >= 4 is 34.9 Å². The Morgan fingerprint density at radius 3 is 2.30 bits per heavy atom. The number of nitrogens with zero attached hydrogens (tertiary/aromatic N) is 1. The fraction of sp³-hybridized carbons (Fsp3) is 0.194. The number of anilines is 1. The van der Waals surface area contributed by atoms with E-state index in [1.165, 1.54) is 18.2 Å². The van der Waals surface area contributed by atoms with Crippen molar-refractivity contribution in [1.29, 1.82) is 0 Å². The summed E-state index contributed by atoms with van der Waals surface area (Å²) in [6.07, 6.45) is 3.35. The number of phenols is 1. The molecule has 3 aromatic rings. The van der Waals surface area contributed by atoms with Crippen LogP contribution in [0.5, 0.6) is 5.75 Å². The van der Waals surface area contributed by atoms with E-state index < -0.39 is 41.1 Å². The fourth-order valence-corrected chi connectivity index (χ4v) is 7.25. The number of halogens is 1. The van der Waals surface area contributed by atoms with Gasteiger partial charge in [-0.1, -0.05) is 54.1 Å². The second-order valence-corrected chi connectivity index (χ2v) is 11.7. The Morgan fingerprint density at radius 1 is 0.864 bits per heavy atom. The van der Waals surface area contributed by atoms with Crippen LogP contribution in [0, 0.1) is 23.6 Å².